The van der Waals surface area contributed by atoms with Gasteiger partial charge in [0.1, 0.15) is 4.21 Å². The zero-order chi connectivity index (χ0) is 12.5. The van der Waals surface area contributed by atoms with Gasteiger partial charge in [0, 0.05) is 15.9 Å². The molecule has 0 aromatic carbocycles. The summed E-state index contributed by atoms with van der Waals surface area (Å²) in [4.78, 5) is 5.01. The molecular formula is C9H9BrN2O2S3. The second kappa shape index (κ2) is 5.15. The lowest BCUT2D eigenvalue weighted by Crippen LogP contribution is -2.22. The molecule has 0 radical (unpaired) electrons. The van der Waals surface area contributed by atoms with Crippen LogP contribution in [0.5, 0.6) is 0 Å². The molecular weight excluding hydrogens is 344 g/mol. The van der Waals surface area contributed by atoms with Crippen molar-refractivity contribution in [2.24, 2.45) is 0 Å². The molecule has 1 N–H and O–H groups in total. The molecule has 0 unspecified atom stereocenters. The summed E-state index contributed by atoms with van der Waals surface area (Å²) in [7, 11) is -3.44. The Morgan fingerprint density at radius 2 is 2.24 bits per heavy atom. The number of nitrogens with one attached hydrogen (secondary N) is 1. The molecule has 8 heteroatoms. The highest BCUT2D eigenvalue weighted by Crippen LogP contribution is 2.27. The van der Waals surface area contributed by atoms with Crippen LogP contribution < -0.4 is 4.72 Å². The summed E-state index contributed by atoms with van der Waals surface area (Å²) in [5, 5.41) is 1.73. The highest BCUT2D eigenvalue weighted by atomic mass is 79.9. The van der Waals surface area contributed by atoms with Crippen molar-refractivity contribution in [2.45, 2.75) is 17.7 Å². The van der Waals surface area contributed by atoms with Crippen molar-refractivity contribution in [3.05, 3.63) is 32.0 Å². The van der Waals surface area contributed by atoms with Gasteiger partial charge in [0.15, 0.2) is 0 Å². The number of thiazole rings is 1. The Labute approximate surface area is 116 Å². The summed E-state index contributed by atoms with van der Waals surface area (Å²) in [5.74, 6) is 0. The summed E-state index contributed by atoms with van der Waals surface area (Å²) in [6.07, 6.45) is 0. The average Bonchev–Trinajstić information content (AvgIpc) is 2.85. The third-order valence-electron chi connectivity index (χ3n) is 2.10. The lowest BCUT2D eigenvalue weighted by Gasteiger charge is -2.04. The number of aryl methyl sites for hydroxylation is 1. The molecule has 0 saturated heterocycles. The zero-order valence-corrected chi connectivity index (χ0v) is 12.8. The molecule has 17 heavy (non-hydrogen) atoms. The number of thiophene rings is 1. The Morgan fingerprint density at radius 1 is 1.47 bits per heavy atom. The van der Waals surface area contributed by atoms with Crippen molar-refractivity contribution in [3.8, 4) is 0 Å². The number of hydrogen-bond donors (Lipinski definition) is 1. The van der Waals surface area contributed by atoms with Crippen LogP contribution in [-0.2, 0) is 16.6 Å². The van der Waals surface area contributed by atoms with E-state index in [0.717, 1.165) is 10.6 Å². The zero-order valence-electron chi connectivity index (χ0n) is 8.81. The van der Waals surface area contributed by atoms with E-state index < -0.39 is 10.0 Å². The molecule has 0 atom stereocenters. The Morgan fingerprint density at radius 3 is 2.76 bits per heavy atom. The molecule has 0 aliphatic rings. The summed E-state index contributed by atoms with van der Waals surface area (Å²) in [5.41, 5.74) is 2.57. The third-order valence-corrected chi connectivity index (χ3v) is 7.10. The van der Waals surface area contributed by atoms with Crippen molar-refractivity contribution in [1.29, 1.82) is 0 Å². The topological polar surface area (TPSA) is 59.1 Å². The standard InChI is InChI=1S/C9H9BrN2O2S3/c1-6-8(16-5-11-6)4-12-17(13,14)9-7(10)2-3-15-9/h2-3,5,12H,4H2,1H3. The summed E-state index contributed by atoms with van der Waals surface area (Å²) in [6.45, 7) is 2.14. The molecule has 2 heterocycles. The van der Waals surface area contributed by atoms with E-state index >= 15 is 0 Å². The van der Waals surface area contributed by atoms with Crippen LogP contribution in [-0.4, -0.2) is 13.4 Å². The number of sulfonamides is 1. The molecule has 2 rings (SSSR count). The van der Waals surface area contributed by atoms with Gasteiger partial charge in [0.25, 0.3) is 10.0 Å². The van der Waals surface area contributed by atoms with E-state index in [4.69, 9.17) is 0 Å². The van der Waals surface area contributed by atoms with Crippen molar-refractivity contribution in [3.63, 3.8) is 0 Å². The molecule has 4 nitrogen and oxygen atoms in total. The summed E-state index contributed by atoms with van der Waals surface area (Å²) < 4.78 is 27.4. The lowest BCUT2D eigenvalue weighted by molar-refractivity contribution is 0.583. The Kier molecular flexibility index (Phi) is 3.99. The largest absolute Gasteiger partial charge is 0.251 e. The van der Waals surface area contributed by atoms with E-state index in [1.54, 1.807) is 17.0 Å². The number of halogens is 1. The molecule has 0 aliphatic heterocycles. The quantitative estimate of drug-likeness (QED) is 0.920. The van der Waals surface area contributed by atoms with Gasteiger partial charge in [-0.15, -0.1) is 22.7 Å². The van der Waals surface area contributed by atoms with E-state index in [1.165, 1.54) is 22.7 Å². The highest BCUT2D eigenvalue weighted by molar-refractivity contribution is 9.10. The number of rotatable bonds is 4. The molecule has 0 spiro atoms. The highest BCUT2D eigenvalue weighted by Gasteiger charge is 2.19. The fourth-order valence-corrected chi connectivity index (χ4v) is 5.38. The minimum Gasteiger partial charge on any atom is -0.250 e. The second-order valence-corrected chi connectivity index (χ2v) is 7.91. The minimum atomic E-state index is -3.44. The van der Waals surface area contributed by atoms with Crippen molar-refractivity contribution in [1.82, 2.24) is 9.71 Å². The smallest absolute Gasteiger partial charge is 0.250 e. The molecule has 0 amide bonds. The van der Waals surface area contributed by atoms with E-state index in [2.05, 4.69) is 25.6 Å². The first-order valence-electron chi connectivity index (χ1n) is 4.62. The van der Waals surface area contributed by atoms with Gasteiger partial charge < -0.3 is 0 Å². The van der Waals surface area contributed by atoms with Gasteiger partial charge in [-0.05, 0) is 34.3 Å². The predicted octanol–water partition coefficient (Wildman–Crippen LogP) is 2.75. The normalized spacial score (nSPS) is 11.9. The molecule has 92 valence electrons. The van der Waals surface area contributed by atoms with E-state index in [-0.39, 0.29) is 6.54 Å². The number of nitrogens with zero attached hydrogens (tertiary/aromatic N) is 1. The van der Waals surface area contributed by atoms with Gasteiger partial charge in [-0.25, -0.2) is 18.1 Å². The van der Waals surface area contributed by atoms with Crippen LogP contribution in [0.1, 0.15) is 10.6 Å². The van der Waals surface area contributed by atoms with Crippen LogP contribution in [0.25, 0.3) is 0 Å². The molecule has 0 aliphatic carbocycles. The van der Waals surface area contributed by atoms with Gasteiger partial charge in [0.05, 0.1) is 11.2 Å². The number of aromatic nitrogens is 1. The maximum Gasteiger partial charge on any atom is 0.251 e. The van der Waals surface area contributed by atoms with Gasteiger partial charge >= 0.3 is 0 Å². The minimum absolute atomic E-state index is 0.281. The maximum absolute atomic E-state index is 12.0. The third kappa shape index (κ3) is 2.94. The van der Waals surface area contributed by atoms with E-state index in [1.807, 2.05) is 6.92 Å². The fourth-order valence-electron chi connectivity index (χ4n) is 1.19. The molecule has 0 bridgehead atoms. The fraction of sp³-hybridized carbons (Fsp3) is 0.222. The van der Waals surface area contributed by atoms with Crippen LogP contribution in [0.2, 0.25) is 0 Å². The molecule has 0 fully saturated rings. The monoisotopic (exact) mass is 352 g/mol. The predicted molar refractivity (Wildman–Crippen MR) is 72.9 cm³/mol. The first-order valence-corrected chi connectivity index (χ1v) is 8.66. The maximum atomic E-state index is 12.0. The molecule has 2 aromatic rings. The van der Waals surface area contributed by atoms with Gasteiger partial charge in [0.2, 0.25) is 0 Å². The van der Waals surface area contributed by atoms with Crippen molar-refractivity contribution in [2.75, 3.05) is 0 Å². The van der Waals surface area contributed by atoms with Gasteiger partial charge in [-0.2, -0.15) is 0 Å². The Bertz CT molecular complexity index is 618. The van der Waals surface area contributed by atoms with Gasteiger partial charge in [-0.1, -0.05) is 0 Å². The lowest BCUT2D eigenvalue weighted by atomic mass is 10.4. The molecule has 2 aromatic heterocycles. The number of hydrogen-bond acceptors (Lipinski definition) is 5. The Hall–Kier alpha value is -0.280. The van der Waals surface area contributed by atoms with Gasteiger partial charge in [-0.3, -0.25) is 0 Å². The first kappa shape index (κ1) is 13.2. The van der Waals surface area contributed by atoms with Crippen LogP contribution in [0.4, 0.5) is 0 Å². The molecule has 0 saturated carbocycles. The van der Waals surface area contributed by atoms with Crippen LogP contribution >= 0.6 is 38.6 Å². The summed E-state index contributed by atoms with van der Waals surface area (Å²) in [6, 6.07) is 1.72. The van der Waals surface area contributed by atoms with Crippen molar-refractivity contribution < 1.29 is 8.42 Å². The summed E-state index contributed by atoms with van der Waals surface area (Å²) >= 11 is 5.85. The van der Waals surface area contributed by atoms with Crippen LogP contribution in [0.15, 0.2) is 25.6 Å². The van der Waals surface area contributed by atoms with Crippen LogP contribution in [0.3, 0.4) is 0 Å². The van der Waals surface area contributed by atoms with E-state index in [9.17, 15) is 8.42 Å². The van der Waals surface area contributed by atoms with Crippen molar-refractivity contribution >= 4 is 48.6 Å². The first-order chi connectivity index (χ1) is 8.00. The van der Waals surface area contributed by atoms with E-state index in [0.29, 0.717) is 8.68 Å². The average molecular weight is 353 g/mol. The SMILES string of the molecule is Cc1ncsc1CNS(=O)(=O)c1sccc1Br. The van der Waals surface area contributed by atoms with Crippen LogP contribution in [0, 0.1) is 6.92 Å². The Balaban J connectivity index is 2.15. The second-order valence-electron chi connectivity index (χ2n) is 3.24.